The molecule has 0 bridgehead atoms. The van der Waals surface area contributed by atoms with Crippen LogP contribution in [0.25, 0.3) is 0 Å². The Morgan fingerprint density at radius 1 is 1.39 bits per heavy atom. The van der Waals surface area contributed by atoms with Gasteiger partial charge in [-0.1, -0.05) is 11.8 Å². The number of alkyl halides is 2. The smallest absolute Gasteiger partial charge is 0.288 e. The average molecular weight is 297 g/mol. The lowest BCUT2D eigenvalue weighted by Gasteiger charge is -2.11. The SMILES string of the molecule is C[C@@H](CN)NC(=O)c1ccc(SC(F)F)cc1.Cl. The van der Waals surface area contributed by atoms with Gasteiger partial charge in [0, 0.05) is 23.0 Å². The number of nitrogens with one attached hydrogen (secondary N) is 1. The van der Waals surface area contributed by atoms with Crippen LogP contribution in [-0.4, -0.2) is 24.3 Å². The molecule has 0 aliphatic carbocycles. The van der Waals surface area contributed by atoms with Crippen LogP contribution < -0.4 is 11.1 Å². The molecule has 18 heavy (non-hydrogen) atoms. The highest BCUT2D eigenvalue weighted by atomic mass is 35.5. The summed E-state index contributed by atoms with van der Waals surface area (Å²) in [6.07, 6.45) is 0. The molecule has 0 saturated carbocycles. The van der Waals surface area contributed by atoms with Crippen molar-refractivity contribution in [2.75, 3.05) is 6.54 Å². The fraction of sp³-hybridized carbons (Fsp3) is 0.364. The molecule has 3 N–H and O–H groups in total. The Bertz CT molecular complexity index is 376. The van der Waals surface area contributed by atoms with Crippen molar-refractivity contribution < 1.29 is 13.6 Å². The maximum absolute atomic E-state index is 12.1. The van der Waals surface area contributed by atoms with Crippen LogP contribution in [0.1, 0.15) is 17.3 Å². The molecule has 0 aromatic heterocycles. The van der Waals surface area contributed by atoms with Gasteiger partial charge in [0.2, 0.25) is 0 Å². The summed E-state index contributed by atoms with van der Waals surface area (Å²) in [7, 11) is 0. The molecule has 1 amide bonds. The van der Waals surface area contributed by atoms with E-state index in [4.69, 9.17) is 5.73 Å². The highest BCUT2D eigenvalue weighted by Gasteiger charge is 2.09. The molecule has 0 spiro atoms. The number of benzene rings is 1. The van der Waals surface area contributed by atoms with Gasteiger partial charge in [-0.2, -0.15) is 8.78 Å². The first-order valence-electron chi connectivity index (χ1n) is 5.08. The minimum Gasteiger partial charge on any atom is -0.348 e. The zero-order valence-corrected chi connectivity index (χ0v) is 11.4. The maximum Gasteiger partial charge on any atom is 0.288 e. The first-order chi connectivity index (χ1) is 8.02. The molecular formula is C11H15ClF2N2OS. The summed E-state index contributed by atoms with van der Waals surface area (Å²) in [5.41, 5.74) is 5.81. The Hall–Kier alpha value is -0.850. The van der Waals surface area contributed by atoms with E-state index in [1.54, 1.807) is 6.92 Å². The Kier molecular flexibility index (Phi) is 7.90. The number of hydrogen-bond acceptors (Lipinski definition) is 3. The summed E-state index contributed by atoms with van der Waals surface area (Å²) in [4.78, 5) is 12.1. The number of rotatable bonds is 5. The van der Waals surface area contributed by atoms with Gasteiger partial charge in [0.15, 0.2) is 0 Å². The predicted octanol–water partition coefficient (Wildman–Crippen LogP) is 2.50. The molecule has 0 heterocycles. The largest absolute Gasteiger partial charge is 0.348 e. The van der Waals surface area contributed by atoms with Gasteiger partial charge in [-0.25, -0.2) is 0 Å². The van der Waals surface area contributed by atoms with Crippen molar-refractivity contribution in [1.29, 1.82) is 0 Å². The van der Waals surface area contributed by atoms with Crippen LogP contribution in [0.2, 0.25) is 0 Å². The fourth-order valence-electron chi connectivity index (χ4n) is 1.15. The summed E-state index contributed by atoms with van der Waals surface area (Å²) in [6.45, 7) is 2.14. The molecule has 7 heteroatoms. The van der Waals surface area contributed by atoms with Crippen LogP contribution in [0.5, 0.6) is 0 Å². The summed E-state index contributed by atoms with van der Waals surface area (Å²) in [5, 5.41) is 2.69. The lowest BCUT2D eigenvalue weighted by atomic mass is 10.2. The van der Waals surface area contributed by atoms with Crippen LogP contribution in [0.3, 0.4) is 0 Å². The predicted molar refractivity (Wildman–Crippen MR) is 71.5 cm³/mol. The number of thioether (sulfide) groups is 1. The van der Waals surface area contributed by atoms with E-state index in [1.807, 2.05) is 0 Å². The number of nitrogens with two attached hydrogens (primary N) is 1. The molecule has 0 aliphatic heterocycles. The van der Waals surface area contributed by atoms with Gasteiger partial charge in [0.25, 0.3) is 11.7 Å². The molecule has 0 radical (unpaired) electrons. The number of amides is 1. The summed E-state index contributed by atoms with van der Waals surface area (Å²) >= 11 is 0.452. The summed E-state index contributed by atoms with van der Waals surface area (Å²) < 4.78 is 24.1. The molecule has 0 fully saturated rings. The normalized spacial score (nSPS) is 11.8. The second kappa shape index (κ2) is 8.29. The van der Waals surface area contributed by atoms with E-state index >= 15 is 0 Å². The van der Waals surface area contributed by atoms with Crippen molar-refractivity contribution in [2.24, 2.45) is 5.73 Å². The molecule has 1 aromatic carbocycles. The van der Waals surface area contributed by atoms with E-state index in [0.717, 1.165) is 0 Å². The van der Waals surface area contributed by atoms with Crippen LogP contribution in [0.15, 0.2) is 29.2 Å². The number of carbonyl (C=O) groups is 1. The highest BCUT2D eigenvalue weighted by molar-refractivity contribution is 7.99. The van der Waals surface area contributed by atoms with Crippen LogP contribution in [-0.2, 0) is 0 Å². The number of hydrogen-bond donors (Lipinski definition) is 2. The van der Waals surface area contributed by atoms with E-state index in [1.165, 1.54) is 24.3 Å². The zero-order valence-electron chi connectivity index (χ0n) is 9.73. The van der Waals surface area contributed by atoms with Gasteiger partial charge in [0.1, 0.15) is 0 Å². The second-order valence-corrected chi connectivity index (χ2v) is 4.58. The second-order valence-electron chi connectivity index (χ2n) is 3.51. The van der Waals surface area contributed by atoms with Gasteiger partial charge < -0.3 is 11.1 Å². The number of carbonyl (C=O) groups excluding carboxylic acids is 1. The zero-order chi connectivity index (χ0) is 12.8. The monoisotopic (exact) mass is 296 g/mol. The average Bonchev–Trinajstić information content (AvgIpc) is 2.28. The van der Waals surface area contributed by atoms with Crippen molar-refractivity contribution in [3.05, 3.63) is 29.8 Å². The van der Waals surface area contributed by atoms with E-state index in [2.05, 4.69) is 5.32 Å². The molecule has 0 saturated heterocycles. The first kappa shape index (κ1) is 17.2. The molecule has 3 nitrogen and oxygen atoms in total. The Labute approximate surface area is 115 Å². The third-order valence-corrected chi connectivity index (χ3v) is 2.80. The topological polar surface area (TPSA) is 55.1 Å². The first-order valence-corrected chi connectivity index (χ1v) is 5.96. The maximum atomic E-state index is 12.1. The van der Waals surface area contributed by atoms with Crippen molar-refractivity contribution >= 4 is 30.1 Å². The van der Waals surface area contributed by atoms with Crippen LogP contribution in [0.4, 0.5) is 8.78 Å². The van der Waals surface area contributed by atoms with Gasteiger partial charge >= 0.3 is 0 Å². The number of halogens is 3. The lowest BCUT2D eigenvalue weighted by Crippen LogP contribution is -2.37. The molecular weight excluding hydrogens is 282 g/mol. The van der Waals surface area contributed by atoms with E-state index in [0.29, 0.717) is 28.8 Å². The third kappa shape index (κ3) is 5.66. The molecule has 102 valence electrons. The van der Waals surface area contributed by atoms with Crippen LogP contribution in [0, 0.1) is 0 Å². The molecule has 1 atom stereocenters. The van der Waals surface area contributed by atoms with Crippen molar-refractivity contribution in [2.45, 2.75) is 23.6 Å². The Morgan fingerprint density at radius 2 is 1.94 bits per heavy atom. The van der Waals surface area contributed by atoms with Crippen molar-refractivity contribution in [3.8, 4) is 0 Å². The Morgan fingerprint density at radius 3 is 2.39 bits per heavy atom. The highest BCUT2D eigenvalue weighted by Crippen LogP contribution is 2.25. The van der Waals surface area contributed by atoms with E-state index < -0.39 is 5.76 Å². The summed E-state index contributed by atoms with van der Waals surface area (Å²) in [6, 6.07) is 5.92. The third-order valence-electron chi connectivity index (χ3n) is 2.07. The lowest BCUT2D eigenvalue weighted by molar-refractivity contribution is 0.0941. The van der Waals surface area contributed by atoms with Gasteiger partial charge in [-0.15, -0.1) is 12.4 Å². The quantitative estimate of drug-likeness (QED) is 0.821. The minimum atomic E-state index is -2.45. The minimum absolute atomic E-state index is 0. The van der Waals surface area contributed by atoms with E-state index in [9.17, 15) is 13.6 Å². The Balaban J connectivity index is 0.00000289. The summed E-state index contributed by atoms with van der Waals surface area (Å²) in [5.74, 6) is -2.71. The standard InChI is InChI=1S/C11H14F2N2OS.ClH/c1-7(6-14)15-10(16)8-2-4-9(5-3-8)17-11(12)13;/h2-5,7,11H,6,14H2,1H3,(H,15,16);1H/t7-;/m0./s1. The molecule has 0 aliphatic rings. The fourth-order valence-corrected chi connectivity index (χ4v) is 1.65. The molecule has 1 rings (SSSR count). The van der Waals surface area contributed by atoms with Gasteiger partial charge in [-0.3, -0.25) is 4.79 Å². The van der Waals surface area contributed by atoms with Crippen molar-refractivity contribution in [1.82, 2.24) is 5.32 Å². The van der Waals surface area contributed by atoms with Gasteiger partial charge in [-0.05, 0) is 31.2 Å². The van der Waals surface area contributed by atoms with Gasteiger partial charge in [0.05, 0.1) is 0 Å². The van der Waals surface area contributed by atoms with Crippen LogP contribution >= 0.6 is 24.2 Å². The molecule has 0 unspecified atom stereocenters. The van der Waals surface area contributed by atoms with Crippen molar-refractivity contribution in [3.63, 3.8) is 0 Å². The van der Waals surface area contributed by atoms with E-state index in [-0.39, 0.29) is 24.4 Å². The molecule has 1 aromatic rings.